The Morgan fingerprint density at radius 1 is 0.636 bits per heavy atom. The van der Waals surface area contributed by atoms with Crippen molar-refractivity contribution in [1.29, 1.82) is 0 Å². The highest BCUT2D eigenvalue weighted by Crippen LogP contribution is 2.05. The van der Waals surface area contributed by atoms with Crippen LogP contribution in [-0.2, 0) is 33.6 Å². The van der Waals surface area contributed by atoms with E-state index >= 15 is 0 Å². The van der Waals surface area contributed by atoms with Gasteiger partial charge in [-0.3, -0.25) is 28.8 Å². The predicted molar refractivity (Wildman–Crippen MR) is 104 cm³/mol. The molecule has 0 bridgehead atoms. The first-order valence-electron chi connectivity index (χ1n) is 9.44. The fourth-order valence-corrected chi connectivity index (χ4v) is 2.35. The summed E-state index contributed by atoms with van der Waals surface area (Å²) in [5, 5.41) is 50.5. The van der Waals surface area contributed by atoms with Crippen molar-refractivity contribution in [2.24, 2.45) is 5.73 Å². The van der Waals surface area contributed by atoms with Crippen molar-refractivity contribution in [1.82, 2.24) is 16.0 Å². The molecule has 186 valence electrons. The van der Waals surface area contributed by atoms with Gasteiger partial charge in [-0.1, -0.05) is 0 Å². The second kappa shape index (κ2) is 14.3. The summed E-state index contributed by atoms with van der Waals surface area (Å²) in [5.41, 5.74) is 5.29. The van der Waals surface area contributed by atoms with Gasteiger partial charge in [0.25, 0.3) is 0 Å². The lowest BCUT2D eigenvalue weighted by molar-refractivity contribution is -0.144. The summed E-state index contributed by atoms with van der Waals surface area (Å²) in [6, 6.07) is -6.59. The normalized spacial score (nSPS) is 14.1. The number of hydrogen-bond donors (Lipinski definition) is 9. The minimum absolute atomic E-state index is 0.507. The molecule has 0 aromatic heterocycles. The Morgan fingerprint density at radius 3 is 1.48 bits per heavy atom. The average Bonchev–Trinajstić information content (AvgIpc) is 2.71. The fraction of sp³-hybridized carbons (Fsp3) is 0.588. The Kier molecular flexibility index (Phi) is 12.7. The zero-order valence-electron chi connectivity index (χ0n) is 17.2. The SMILES string of the molecule is NC(CO)C(=O)NC(CC(=O)O)C(=O)NC(CCC(=O)O)C(=O)NC(CCC(=O)O)C(=O)O. The zero-order chi connectivity index (χ0) is 25.7. The number of carboxylic acid groups (broad SMARTS) is 4. The summed E-state index contributed by atoms with van der Waals surface area (Å²) in [5.74, 6) is -9.29. The van der Waals surface area contributed by atoms with Crippen LogP contribution in [-0.4, -0.2) is 97.9 Å². The van der Waals surface area contributed by atoms with Crippen molar-refractivity contribution in [3.05, 3.63) is 0 Å². The number of carboxylic acids is 4. The zero-order valence-corrected chi connectivity index (χ0v) is 17.2. The third kappa shape index (κ3) is 12.0. The van der Waals surface area contributed by atoms with Gasteiger partial charge in [-0.25, -0.2) is 4.79 Å². The van der Waals surface area contributed by atoms with E-state index in [4.69, 9.17) is 31.3 Å². The summed E-state index contributed by atoms with van der Waals surface area (Å²) >= 11 is 0. The van der Waals surface area contributed by atoms with Crippen LogP contribution in [0.2, 0.25) is 0 Å². The molecule has 0 radical (unpaired) electrons. The lowest BCUT2D eigenvalue weighted by Crippen LogP contribution is -2.57. The van der Waals surface area contributed by atoms with E-state index in [0.717, 1.165) is 0 Å². The van der Waals surface area contributed by atoms with Gasteiger partial charge in [0.05, 0.1) is 13.0 Å². The molecule has 0 aliphatic carbocycles. The van der Waals surface area contributed by atoms with Crippen LogP contribution in [0.4, 0.5) is 0 Å². The van der Waals surface area contributed by atoms with Crippen LogP contribution in [0.1, 0.15) is 32.1 Å². The Morgan fingerprint density at radius 2 is 1.06 bits per heavy atom. The van der Waals surface area contributed by atoms with Crippen LogP contribution in [0, 0.1) is 0 Å². The van der Waals surface area contributed by atoms with Gasteiger partial charge >= 0.3 is 23.9 Å². The van der Waals surface area contributed by atoms with E-state index < -0.39 is 104 Å². The van der Waals surface area contributed by atoms with E-state index in [1.54, 1.807) is 0 Å². The molecule has 0 aromatic carbocycles. The Hall–Kier alpha value is -3.79. The Bertz CT molecular complexity index is 771. The number of aliphatic carboxylic acids is 4. The van der Waals surface area contributed by atoms with Crippen molar-refractivity contribution in [2.75, 3.05) is 6.61 Å². The second-order valence-corrected chi connectivity index (χ2v) is 6.77. The van der Waals surface area contributed by atoms with E-state index in [2.05, 4.69) is 0 Å². The standard InChI is InChI=1S/C17H26N4O12/c18-7(6-22)14(29)21-10(5-13(27)28)16(31)19-8(1-3-11(23)24)15(30)20-9(17(32)33)2-4-12(25)26/h7-10,22H,1-6,18H2,(H,19,31)(H,20,30)(H,21,29)(H,23,24)(H,25,26)(H,27,28)(H,32,33). The van der Waals surface area contributed by atoms with Gasteiger partial charge in [0, 0.05) is 12.8 Å². The summed E-state index contributed by atoms with van der Waals surface area (Å²) in [6.07, 6.45) is -3.27. The van der Waals surface area contributed by atoms with Crippen LogP contribution < -0.4 is 21.7 Å². The fourth-order valence-electron chi connectivity index (χ4n) is 2.35. The molecule has 16 nitrogen and oxygen atoms in total. The molecule has 3 amide bonds. The van der Waals surface area contributed by atoms with Crippen LogP contribution in [0.5, 0.6) is 0 Å². The maximum atomic E-state index is 12.5. The topological polar surface area (TPSA) is 283 Å². The third-order valence-corrected chi connectivity index (χ3v) is 4.09. The summed E-state index contributed by atoms with van der Waals surface area (Å²) in [6.45, 7) is -0.816. The molecule has 4 atom stereocenters. The summed E-state index contributed by atoms with van der Waals surface area (Å²) in [4.78, 5) is 80.6. The van der Waals surface area contributed by atoms with Gasteiger partial charge in [0.15, 0.2) is 0 Å². The number of hydrogen-bond acceptors (Lipinski definition) is 9. The summed E-state index contributed by atoms with van der Waals surface area (Å²) in [7, 11) is 0. The van der Waals surface area contributed by atoms with Crippen LogP contribution >= 0.6 is 0 Å². The van der Waals surface area contributed by atoms with Crippen LogP contribution in [0.25, 0.3) is 0 Å². The highest BCUT2D eigenvalue weighted by molar-refractivity contribution is 5.95. The van der Waals surface area contributed by atoms with E-state index in [1.165, 1.54) is 0 Å². The monoisotopic (exact) mass is 478 g/mol. The van der Waals surface area contributed by atoms with Gasteiger partial charge in [-0.15, -0.1) is 0 Å². The summed E-state index contributed by atoms with van der Waals surface area (Å²) < 4.78 is 0. The van der Waals surface area contributed by atoms with Crippen molar-refractivity contribution >= 4 is 41.6 Å². The largest absolute Gasteiger partial charge is 0.481 e. The van der Waals surface area contributed by atoms with Crippen LogP contribution in [0.15, 0.2) is 0 Å². The maximum Gasteiger partial charge on any atom is 0.326 e. The van der Waals surface area contributed by atoms with Crippen molar-refractivity contribution in [2.45, 2.75) is 56.3 Å². The lowest BCUT2D eigenvalue weighted by Gasteiger charge is -2.24. The number of aliphatic hydroxyl groups excluding tert-OH is 1. The molecule has 10 N–H and O–H groups in total. The number of carbonyl (C=O) groups excluding carboxylic acids is 3. The number of nitrogens with one attached hydrogen (secondary N) is 3. The molecule has 0 aromatic rings. The van der Waals surface area contributed by atoms with Crippen LogP contribution in [0.3, 0.4) is 0 Å². The van der Waals surface area contributed by atoms with Crippen molar-refractivity contribution in [3.63, 3.8) is 0 Å². The minimum Gasteiger partial charge on any atom is -0.481 e. The van der Waals surface area contributed by atoms with Gasteiger partial charge in [-0.2, -0.15) is 0 Å². The predicted octanol–water partition coefficient (Wildman–Crippen LogP) is -3.95. The molecular weight excluding hydrogens is 452 g/mol. The molecule has 0 saturated heterocycles. The second-order valence-electron chi connectivity index (χ2n) is 6.77. The molecule has 0 aliphatic heterocycles. The minimum atomic E-state index is -1.77. The Balaban J connectivity index is 5.56. The number of carbonyl (C=O) groups is 7. The molecule has 0 fully saturated rings. The number of rotatable bonds is 16. The molecular formula is C17H26N4O12. The van der Waals surface area contributed by atoms with Gasteiger partial charge in [-0.05, 0) is 12.8 Å². The highest BCUT2D eigenvalue weighted by atomic mass is 16.4. The lowest BCUT2D eigenvalue weighted by atomic mass is 10.1. The molecule has 16 heteroatoms. The van der Waals surface area contributed by atoms with Gasteiger partial charge in [0.1, 0.15) is 24.2 Å². The molecule has 0 rings (SSSR count). The third-order valence-electron chi connectivity index (χ3n) is 4.09. The molecule has 0 heterocycles. The van der Waals surface area contributed by atoms with E-state index in [9.17, 15) is 33.6 Å². The smallest absolute Gasteiger partial charge is 0.326 e. The van der Waals surface area contributed by atoms with E-state index in [1.807, 2.05) is 16.0 Å². The molecule has 0 saturated carbocycles. The molecule has 33 heavy (non-hydrogen) atoms. The maximum absolute atomic E-state index is 12.5. The van der Waals surface area contributed by atoms with Crippen molar-refractivity contribution in [3.8, 4) is 0 Å². The molecule has 0 aliphatic rings. The van der Waals surface area contributed by atoms with Crippen molar-refractivity contribution < 1.29 is 59.1 Å². The first kappa shape index (κ1) is 29.2. The Labute approximate surface area is 186 Å². The number of aliphatic hydroxyl groups is 1. The quantitative estimate of drug-likeness (QED) is 0.102. The highest BCUT2D eigenvalue weighted by Gasteiger charge is 2.31. The number of amides is 3. The molecule has 0 spiro atoms. The first-order valence-corrected chi connectivity index (χ1v) is 9.44. The van der Waals surface area contributed by atoms with E-state index in [0.29, 0.717) is 0 Å². The number of nitrogens with two attached hydrogens (primary N) is 1. The van der Waals surface area contributed by atoms with Gasteiger partial charge in [0.2, 0.25) is 17.7 Å². The molecule has 4 unspecified atom stereocenters. The van der Waals surface area contributed by atoms with Gasteiger partial charge < -0.3 is 47.2 Å². The first-order chi connectivity index (χ1) is 15.3. The average molecular weight is 478 g/mol. The van der Waals surface area contributed by atoms with E-state index in [-0.39, 0.29) is 0 Å².